The van der Waals surface area contributed by atoms with Gasteiger partial charge in [0.2, 0.25) is 5.91 Å². The molecule has 8 heteroatoms. The van der Waals surface area contributed by atoms with E-state index in [0.717, 1.165) is 77.5 Å². The number of hydrogen-bond acceptors (Lipinski definition) is 6. The molecule has 222 valence electrons. The molecule has 0 aromatic carbocycles. The van der Waals surface area contributed by atoms with Gasteiger partial charge in [0.05, 0.1) is 23.9 Å². The van der Waals surface area contributed by atoms with E-state index in [1.807, 2.05) is 0 Å². The molecule has 0 bridgehead atoms. The van der Waals surface area contributed by atoms with Gasteiger partial charge in [0.25, 0.3) is 0 Å². The minimum absolute atomic E-state index is 0.0505. The highest BCUT2D eigenvalue weighted by molar-refractivity contribution is 5.88. The van der Waals surface area contributed by atoms with Crippen LogP contribution in [0.15, 0.2) is 36.0 Å². The Morgan fingerprint density at radius 1 is 1.05 bits per heavy atom. The normalized spacial score (nSPS) is 33.9. The maximum Gasteiger partial charge on any atom is 0.410 e. The molecule has 1 spiro atoms. The van der Waals surface area contributed by atoms with E-state index in [2.05, 4.69) is 56.3 Å². The number of nitrogens with zero attached hydrogens (tertiary/aromatic N) is 2. The van der Waals surface area contributed by atoms with Gasteiger partial charge in [-0.05, 0) is 84.8 Å². The summed E-state index contributed by atoms with van der Waals surface area (Å²) < 4.78 is 17.8. The summed E-state index contributed by atoms with van der Waals surface area (Å²) in [6.45, 7) is 10.5. The fraction of sp³-hybridized carbons (Fsp3) is 0.750. The number of carbonyl (C=O) groups is 2. The molecule has 8 nitrogen and oxygen atoms in total. The summed E-state index contributed by atoms with van der Waals surface area (Å²) >= 11 is 0. The average molecular weight is 556 g/mol. The highest BCUT2D eigenvalue weighted by Crippen LogP contribution is 2.46. The van der Waals surface area contributed by atoms with Crippen LogP contribution in [0.25, 0.3) is 0 Å². The van der Waals surface area contributed by atoms with Crippen LogP contribution < -0.4 is 5.32 Å². The Bertz CT molecular complexity index is 1000. The molecule has 5 fully saturated rings. The molecule has 3 heterocycles. The monoisotopic (exact) mass is 555 g/mol. The van der Waals surface area contributed by atoms with Crippen LogP contribution in [0.1, 0.15) is 78.6 Å². The second kappa shape index (κ2) is 12.0. The number of rotatable bonds is 8. The van der Waals surface area contributed by atoms with Crippen molar-refractivity contribution in [3.8, 4) is 0 Å². The van der Waals surface area contributed by atoms with Crippen molar-refractivity contribution in [2.45, 2.75) is 108 Å². The lowest BCUT2D eigenvalue weighted by atomic mass is 9.83. The third-order valence-electron chi connectivity index (χ3n) is 9.22. The third kappa shape index (κ3) is 8.20. The van der Waals surface area contributed by atoms with Crippen LogP contribution in [0.5, 0.6) is 0 Å². The van der Waals surface area contributed by atoms with Crippen LogP contribution in [0.3, 0.4) is 0 Å². The summed E-state index contributed by atoms with van der Waals surface area (Å²) in [6, 6.07) is 0.213. The second-order valence-electron chi connectivity index (χ2n) is 13.6. The van der Waals surface area contributed by atoms with Crippen LogP contribution in [0, 0.1) is 5.92 Å². The second-order valence-corrected chi connectivity index (χ2v) is 13.6. The molecule has 2 aliphatic carbocycles. The van der Waals surface area contributed by atoms with Crippen LogP contribution in [0.4, 0.5) is 4.79 Å². The largest absolute Gasteiger partial charge is 0.439 e. The predicted octanol–water partition coefficient (Wildman–Crippen LogP) is 4.75. The Kier molecular flexibility index (Phi) is 8.79. The Hall–Kier alpha value is -2.16. The number of epoxide rings is 1. The number of piperazine rings is 1. The van der Waals surface area contributed by atoms with E-state index in [1.165, 1.54) is 5.57 Å². The molecular formula is C32H49N3O5. The fourth-order valence-corrected chi connectivity index (χ4v) is 6.49. The van der Waals surface area contributed by atoms with Crippen LogP contribution >= 0.6 is 0 Å². The van der Waals surface area contributed by atoms with Gasteiger partial charge in [0, 0.05) is 51.1 Å². The number of ether oxygens (including phenoxy) is 3. The molecule has 3 aliphatic heterocycles. The maximum absolute atomic E-state index is 12.6. The lowest BCUT2D eigenvalue weighted by Crippen LogP contribution is -2.48. The van der Waals surface area contributed by atoms with Crippen molar-refractivity contribution < 1.29 is 23.8 Å². The van der Waals surface area contributed by atoms with Crippen LogP contribution in [-0.2, 0) is 19.0 Å². The zero-order valence-electron chi connectivity index (χ0n) is 25.0. The smallest absolute Gasteiger partial charge is 0.410 e. The molecule has 5 rings (SSSR count). The van der Waals surface area contributed by atoms with E-state index < -0.39 is 5.60 Å². The SMILES string of the molecule is CC(C=CC1CC2(CO2)CC(C)(C)O1)=CCC1CCC(NC(=O)C=CC2(OC(=O)N3CCN(C)CC3)CC2)CC1. The Balaban J connectivity index is 0.994. The zero-order valence-corrected chi connectivity index (χ0v) is 25.0. The van der Waals surface area contributed by atoms with Crippen molar-refractivity contribution in [1.82, 2.24) is 15.1 Å². The predicted molar refractivity (Wildman–Crippen MR) is 155 cm³/mol. The van der Waals surface area contributed by atoms with Gasteiger partial charge in [-0.25, -0.2) is 4.79 Å². The highest BCUT2D eigenvalue weighted by atomic mass is 16.6. The number of amides is 2. The summed E-state index contributed by atoms with van der Waals surface area (Å²) in [7, 11) is 2.06. The molecule has 0 aromatic rings. The Morgan fingerprint density at radius 3 is 2.40 bits per heavy atom. The van der Waals surface area contributed by atoms with E-state index >= 15 is 0 Å². The van der Waals surface area contributed by atoms with Gasteiger partial charge in [-0.3, -0.25) is 4.79 Å². The molecule has 40 heavy (non-hydrogen) atoms. The fourth-order valence-electron chi connectivity index (χ4n) is 6.49. The van der Waals surface area contributed by atoms with Crippen LogP contribution in [-0.4, -0.2) is 90.6 Å². The standard InChI is InChI=1S/C32H49N3O5/c1-24(6-12-27-21-32(23-38-32)22-30(2,3)39-27)5-7-25-8-10-26(11-9-25)33-28(36)13-14-31(15-16-31)40-29(37)35-19-17-34(4)18-20-35/h5-6,12-14,25-27H,7-11,15-23H2,1-4H3,(H,33,36). The van der Waals surface area contributed by atoms with Gasteiger partial charge in [0.1, 0.15) is 5.60 Å². The number of likely N-dealkylation sites (N-methyl/N-ethyl adjacent to an activating group) is 1. The van der Waals surface area contributed by atoms with Crippen molar-refractivity contribution in [3.63, 3.8) is 0 Å². The number of carbonyl (C=O) groups excluding carboxylic acids is 2. The maximum atomic E-state index is 12.6. The van der Waals surface area contributed by atoms with Gasteiger partial charge in [-0.2, -0.15) is 0 Å². The van der Waals surface area contributed by atoms with Gasteiger partial charge in [-0.1, -0.05) is 23.8 Å². The first-order chi connectivity index (χ1) is 19.0. The molecule has 2 amide bonds. The van der Waals surface area contributed by atoms with E-state index in [-0.39, 0.29) is 35.3 Å². The highest BCUT2D eigenvalue weighted by Gasteiger charge is 2.53. The molecule has 2 unspecified atom stereocenters. The van der Waals surface area contributed by atoms with Crippen LogP contribution in [0.2, 0.25) is 0 Å². The topological polar surface area (TPSA) is 83.6 Å². The molecule has 2 saturated carbocycles. The summed E-state index contributed by atoms with van der Waals surface area (Å²) in [5, 5.41) is 3.17. The third-order valence-corrected chi connectivity index (χ3v) is 9.22. The van der Waals surface area contributed by atoms with Crippen molar-refractivity contribution in [2.24, 2.45) is 5.92 Å². The lowest BCUT2D eigenvalue weighted by Gasteiger charge is -2.38. The summed E-state index contributed by atoms with van der Waals surface area (Å²) in [5.41, 5.74) is 0.595. The molecule has 5 aliphatic rings. The van der Waals surface area contributed by atoms with Crippen molar-refractivity contribution in [3.05, 3.63) is 36.0 Å². The van der Waals surface area contributed by atoms with Gasteiger partial charge < -0.3 is 29.3 Å². The Labute approximate surface area is 240 Å². The van der Waals surface area contributed by atoms with E-state index in [9.17, 15) is 9.59 Å². The number of allylic oxidation sites excluding steroid dienone is 3. The zero-order chi connectivity index (χ0) is 28.4. The quantitative estimate of drug-likeness (QED) is 0.264. The van der Waals surface area contributed by atoms with E-state index in [0.29, 0.717) is 19.0 Å². The first kappa shape index (κ1) is 29.3. The summed E-state index contributed by atoms with van der Waals surface area (Å²) in [6.07, 6.45) is 18.8. The van der Waals surface area contributed by atoms with Gasteiger partial charge in [0.15, 0.2) is 0 Å². The molecule has 0 aromatic heterocycles. The first-order valence-electron chi connectivity index (χ1n) is 15.4. The summed E-state index contributed by atoms with van der Waals surface area (Å²) in [4.78, 5) is 29.1. The summed E-state index contributed by atoms with van der Waals surface area (Å²) in [5.74, 6) is 0.571. The minimum atomic E-state index is -0.597. The molecular weight excluding hydrogens is 506 g/mol. The molecule has 2 atom stereocenters. The minimum Gasteiger partial charge on any atom is -0.439 e. The van der Waals surface area contributed by atoms with Crippen molar-refractivity contribution in [1.29, 1.82) is 0 Å². The van der Waals surface area contributed by atoms with Gasteiger partial charge >= 0.3 is 6.09 Å². The Morgan fingerprint density at radius 2 is 1.75 bits per heavy atom. The molecule has 1 N–H and O–H groups in total. The van der Waals surface area contributed by atoms with E-state index in [1.54, 1.807) is 17.1 Å². The molecule has 0 radical (unpaired) electrons. The van der Waals surface area contributed by atoms with Crippen molar-refractivity contribution in [2.75, 3.05) is 39.8 Å². The lowest BCUT2D eigenvalue weighted by molar-refractivity contribution is -0.117. The van der Waals surface area contributed by atoms with E-state index in [4.69, 9.17) is 14.2 Å². The molecule has 3 saturated heterocycles. The average Bonchev–Trinajstić information content (AvgIpc) is 3.84. The number of nitrogens with one attached hydrogen (secondary N) is 1. The van der Waals surface area contributed by atoms with Crippen molar-refractivity contribution >= 4 is 12.0 Å². The number of hydrogen-bond donors (Lipinski definition) is 1. The van der Waals surface area contributed by atoms with Gasteiger partial charge in [-0.15, -0.1) is 0 Å². The first-order valence-corrected chi connectivity index (χ1v) is 15.4.